The van der Waals surface area contributed by atoms with Crippen LogP contribution in [0.5, 0.6) is 5.75 Å². The molecule has 1 saturated heterocycles. The Balaban J connectivity index is 1.92. The van der Waals surface area contributed by atoms with Crippen molar-refractivity contribution in [1.29, 1.82) is 0 Å². The molecular weight excluding hydrogens is 260 g/mol. The van der Waals surface area contributed by atoms with E-state index in [2.05, 4.69) is 17.3 Å². The average Bonchev–Trinajstić information content (AvgIpc) is 2.41. The normalized spacial score (nSPS) is 17.6. The number of hydrogen-bond donors (Lipinski definition) is 1. The number of nitrogens with one attached hydrogen (secondary N) is 1. The minimum absolute atomic E-state index is 0.602. The molecule has 0 saturated carbocycles. The van der Waals surface area contributed by atoms with Crippen LogP contribution < -0.4 is 10.1 Å². The fraction of sp³-hybridized carbons (Fsp3) is 0.600. The first-order valence-corrected chi connectivity index (χ1v) is 7.40. The van der Waals surface area contributed by atoms with Crippen molar-refractivity contribution in [3.05, 3.63) is 28.8 Å². The van der Waals surface area contributed by atoms with Gasteiger partial charge in [0.2, 0.25) is 0 Å². The molecule has 0 bridgehead atoms. The zero-order valence-corrected chi connectivity index (χ0v) is 12.5. The highest BCUT2D eigenvalue weighted by atomic mass is 35.5. The van der Waals surface area contributed by atoms with Gasteiger partial charge in [0, 0.05) is 23.2 Å². The maximum absolute atomic E-state index is 6.07. The molecule has 1 aliphatic rings. The van der Waals surface area contributed by atoms with Crippen LogP contribution in [0.15, 0.2) is 18.2 Å². The Morgan fingerprint density at radius 2 is 2.11 bits per heavy atom. The predicted molar refractivity (Wildman–Crippen MR) is 80.0 cm³/mol. The second kappa shape index (κ2) is 7.13. The summed E-state index contributed by atoms with van der Waals surface area (Å²) in [5, 5.41) is 4.39. The van der Waals surface area contributed by atoms with Crippen molar-refractivity contribution in [3.8, 4) is 5.75 Å². The third-order valence-corrected chi connectivity index (χ3v) is 3.86. The van der Waals surface area contributed by atoms with Gasteiger partial charge >= 0.3 is 0 Å². The molecule has 3 nitrogen and oxygen atoms in total. The van der Waals surface area contributed by atoms with Crippen LogP contribution in [0.2, 0.25) is 5.02 Å². The van der Waals surface area contributed by atoms with Crippen LogP contribution in [0.25, 0.3) is 0 Å². The number of likely N-dealkylation sites (tertiary alicyclic amines) is 1. The van der Waals surface area contributed by atoms with Crippen molar-refractivity contribution >= 4 is 11.6 Å². The minimum atomic E-state index is 0.602. The van der Waals surface area contributed by atoms with Gasteiger partial charge in [-0.2, -0.15) is 0 Å². The largest absolute Gasteiger partial charge is 0.494 e. The van der Waals surface area contributed by atoms with E-state index in [1.807, 2.05) is 25.1 Å². The molecule has 19 heavy (non-hydrogen) atoms. The standard InChI is InChI=1S/C15H23ClN2O/c1-3-19-15-5-4-13(16)10-12(15)11-17-14-6-8-18(2)9-7-14/h4-5,10,14,17H,3,6-9,11H2,1-2H3. The van der Waals surface area contributed by atoms with Crippen LogP contribution in [0.1, 0.15) is 25.3 Å². The molecule has 1 aromatic carbocycles. The number of hydrogen-bond acceptors (Lipinski definition) is 3. The van der Waals surface area contributed by atoms with Gasteiger partial charge in [0.05, 0.1) is 6.61 Å². The molecule has 1 fully saturated rings. The van der Waals surface area contributed by atoms with Crippen LogP contribution >= 0.6 is 11.6 Å². The molecule has 0 amide bonds. The third-order valence-electron chi connectivity index (χ3n) is 3.62. The Labute approximate surface area is 120 Å². The summed E-state index contributed by atoms with van der Waals surface area (Å²) in [6.45, 7) is 5.85. The van der Waals surface area contributed by atoms with E-state index in [9.17, 15) is 0 Å². The number of benzene rings is 1. The average molecular weight is 283 g/mol. The summed E-state index contributed by atoms with van der Waals surface area (Å²) in [4.78, 5) is 2.38. The lowest BCUT2D eigenvalue weighted by Gasteiger charge is -2.29. The Bertz CT molecular complexity index is 403. The molecule has 2 rings (SSSR count). The predicted octanol–water partition coefficient (Wildman–Crippen LogP) is 2.92. The van der Waals surface area contributed by atoms with E-state index in [-0.39, 0.29) is 0 Å². The summed E-state index contributed by atoms with van der Waals surface area (Å²) in [7, 11) is 2.18. The van der Waals surface area contributed by atoms with E-state index >= 15 is 0 Å². The van der Waals surface area contributed by atoms with Crippen LogP contribution in [0, 0.1) is 0 Å². The summed E-state index contributed by atoms with van der Waals surface area (Å²) < 4.78 is 5.64. The van der Waals surface area contributed by atoms with Crippen molar-refractivity contribution in [3.63, 3.8) is 0 Å². The lowest BCUT2D eigenvalue weighted by atomic mass is 10.0. The quantitative estimate of drug-likeness (QED) is 0.899. The second-order valence-corrected chi connectivity index (χ2v) is 5.58. The molecule has 1 N–H and O–H groups in total. The van der Waals surface area contributed by atoms with Crippen LogP contribution in [-0.4, -0.2) is 37.7 Å². The smallest absolute Gasteiger partial charge is 0.123 e. The van der Waals surface area contributed by atoms with E-state index in [0.717, 1.165) is 22.9 Å². The SMILES string of the molecule is CCOc1ccc(Cl)cc1CNC1CCN(C)CC1. The summed E-state index contributed by atoms with van der Waals surface area (Å²) in [5.74, 6) is 0.937. The number of nitrogens with zero attached hydrogens (tertiary/aromatic N) is 1. The molecule has 106 valence electrons. The molecule has 1 heterocycles. The Morgan fingerprint density at radius 3 is 2.79 bits per heavy atom. The number of ether oxygens (including phenoxy) is 1. The fourth-order valence-corrected chi connectivity index (χ4v) is 2.64. The highest BCUT2D eigenvalue weighted by Crippen LogP contribution is 2.23. The van der Waals surface area contributed by atoms with E-state index in [0.29, 0.717) is 12.6 Å². The Kier molecular flexibility index (Phi) is 5.49. The van der Waals surface area contributed by atoms with Gasteiger partial charge in [-0.05, 0) is 58.1 Å². The van der Waals surface area contributed by atoms with Gasteiger partial charge in [0.1, 0.15) is 5.75 Å². The number of halogens is 1. The Morgan fingerprint density at radius 1 is 1.37 bits per heavy atom. The minimum Gasteiger partial charge on any atom is -0.494 e. The molecule has 0 atom stereocenters. The van der Waals surface area contributed by atoms with Crippen molar-refractivity contribution in [1.82, 2.24) is 10.2 Å². The van der Waals surface area contributed by atoms with Gasteiger partial charge in [-0.15, -0.1) is 0 Å². The summed E-state index contributed by atoms with van der Waals surface area (Å²) >= 11 is 6.07. The van der Waals surface area contributed by atoms with Gasteiger partial charge in [-0.25, -0.2) is 0 Å². The van der Waals surface area contributed by atoms with Gasteiger partial charge in [0.15, 0.2) is 0 Å². The zero-order valence-electron chi connectivity index (χ0n) is 11.8. The second-order valence-electron chi connectivity index (χ2n) is 5.14. The molecule has 0 aliphatic carbocycles. The van der Waals surface area contributed by atoms with Crippen molar-refractivity contribution in [2.24, 2.45) is 0 Å². The van der Waals surface area contributed by atoms with E-state index in [1.165, 1.54) is 25.9 Å². The molecular formula is C15H23ClN2O. The highest BCUT2D eigenvalue weighted by Gasteiger charge is 2.16. The lowest BCUT2D eigenvalue weighted by molar-refractivity contribution is 0.233. The van der Waals surface area contributed by atoms with Gasteiger partial charge in [0.25, 0.3) is 0 Å². The van der Waals surface area contributed by atoms with Crippen LogP contribution in [0.4, 0.5) is 0 Å². The fourth-order valence-electron chi connectivity index (χ4n) is 2.45. The maximum atomic E-state index is 6.07. The van der Waals surface area contributed by atoms with E-state index in [4.69, 9.17) is 16.3 Å². The topological polar surface area (TPSA) is 24.5 Å². The summed E-state index contributed by atoms with van der Waals surface area (Å²) in [6.07, 6.45) is 2.42. The zero-order chi connectivity index (χ0) is 13.7. The van der Waals surface area contributed by atoms with Gasteiger partial charge in [-0.1, -0.05) is 11.6 Å². The van der Waals surface area contributed by atoms with Gasteiger partial charge < -0.3 is 15.0 Å². The van der Waals surface area contributed by atoms with Gasteiger partial charge in [-0.3, -0.25) is 0 Å². The first kappa shape index (κ1) is 14.6. The highest BCUT2D eigenvalue weighted by molar-refractivity contribution is 6.30. The molecule has 1 aliphatic heterocycles. The van der Waals surface area contributed by atoms with E-state index < -0.39 is 0 Å². The molecule has 0 aromatic heterocycles. The molecule has 0 spiro atoms. The van der Waals surface area contributed by atoms with Crippen LogP contribution in [0.3, 0.4) is 0 Å². The summed E-state index contributed by atoms with van der Waals surface area (Å²) in [6, 6.07) is 6.43. The van der Waals surface area contributed by atoms with E-state index in [1.54, 1.807) is 0 Å². The summed E-state index contributed by atoms with van der Waals surface area (Å²) in [5.41, 5.74) is 1.15. The van der Waals surface area contributed by atoms with Crippen molar-refractivity contribution < 1.29 is 4.74 Å². The first-order valence-electron chi connectivity index (χ1n) is 7.02. The lowest BCUT2D eigenvalue weighted by Crippen LogP contribution is -2.40. The maximum Gasteiger partial charge on any atom is 0.123 e. The molecule has 0 radical (unpaired) electrons. The number of piperidine rings is 1. The first-order chi connectivity index (χ1) is 9.19. The monoisotopic (exact) mass is 282 g/mol. The number of rotatable bonds is 5. The van der Waals surface area contributed by atoms with Crippen molar-refractivity contribution in [2.45, 2.75) is 32.4 Å². The third kappa shape index (κ3) is 4.37. The Hall–Kier alpha value is -0.770. The van der Waals surface area contributed by atoms with Crippen molar-refractivity contribution in [2.75, 3.05) is 26.7 Å². The van der Waals surface area contributed by atoms with Crippen LogP contribution in [-0.2, 0) is 6.54 Å². The molecule has 1 aromatic rings. The molecule has 0 unspecified atom stereocenters. The molecule has 4 heteroatoms.